The maximum absolute atomic E-state index is 14.2. The predicted molar refractivity (Wildman–Crippen MR) is 156 cm³/mol. The number of aliphatic hydroxyl groups excluding tert-OH is 1. The third kappa shape index (κ3) is 5.08. The van der Waals surface area contributed by atoms with E-state index < -0.39 is 41.5 Å². The highest BCUT2D eigenvalue weighted by atomic mass is 79.9. The van der Waals surface area contributed by atoms with E-state index in [1.165, 1.54) is 4.90 Å². The van der Waals surface area contributed by atoms with Crippen LogP contribution in [0.15, 0.2) is 48.5 Å². The highest BCUT2D eigenvalue weighted by Crippen LogP contribution is 2.60. The molecular formula is C30H36BrN3O7. The van der Waals surface area contributed by atoms with Crippen LogP contribution in [0.1, 0.15) is 27.2 Å². The maximum atomic E-state index is 14.2. The summed E-state index contributed by atoms with van der Waals surface area (Å²) in [5.41, 5.74) is -0.149. The van der Waals surface area contributed by atoms with E-state index in [1.807, 2.05) is 20.8 Å². The summed E-state index contributed by atoms with van der Waals surface area (Å²) >= 11 is 3.68. The van der Waals surface area contributed by atoms with Gasteiger partial charge in [-0.2, -0.15) is 0 Å². The van der Waals surface area contributed by atoms with E-state index in [0.29, 0.717) is 35.9 Å². The summed E-state index contributed by atoms with van der Waals surface area (Å²) in [6.07, 6.45) is -0.231. The van der Waals surface area contributed by atoms with E-state index in [-0.39, 0.29) is 29.2 Å². The van der Waals surface area contributed by atoms with Crippen LogP contribution in [0.4, 0.5) is 11.4 Å². The second-order valence-electron chi connectivity index (χ2n) is 11.1. The Balaban J connectivity index is 1.48. The summed E-state index contributed by atoms with van der Waals surface area (Å²) in [4.78, 5) is 43.3. The highest BCUT2D eigenvalue weighted by molar-refractivity contribution is 9.09. The fraction of sp³-hybridized carbons (Fsp3) is 0.500. The molecule has 0 aromatic heterocycles. The van der Waals surface area contributed by atoms with E-state index in [4.69, 9.17) is 14.2 Å². The minimum Gasteiger partial charge on any atom is -0.497 e. The van der Waals surface area contributed by atoms with Crippen molar-refractivity contribution in [3.8, 4) is 11.5 Å². The van der Waals surface area contributed by atoms with Crippen molar-refractivity contribution >= 4 is 45.0 Å². The van der Waals surface area contributed by atoms with Gasteiger partial charge in [-0.3, -0.25) is 14.4 Å². The molecule has 2 bridgehead atoms. The van der Waals surface area contributed by atoms with Crippen LogP contribution in [-0.2, 0) is 19.1 Å². The van der Waals surface area contributed by atoms with E-state index >= 15 is 0 Å². The van der Waals surface area contributed by atoms with Crippen LogP contribution in [-0.4, -0.2) is 76.7 Å². The Morgan fingerprint density at radius 1 is 1.07 bits per heavy atom. The number of methoxy groups -OCH3 is 1. The molecule has 3 heterocycles. The quantitative estimate of drug-likeness (QED) is 0.344. The number of amides is 3. The summed E-state index contributed by atoms with van der Waals surface area (Å²) in [6.45, 7) is 5.87. The molecule has 3 unspecified atom stereocenters. The number of likely N-dealkylation sites (tertiary alicyclic amines) is 1. The van der Waals surface area contributed by atoms with Crippen LogP contribution >= 0.6 is 15.9 Å². The monoisotopic (exact) mass is 629 g/mol. The number of anilines is 2. The number of benzene rings is 2. The molecular weight excluding hydrogens is 594 g/mol. The van der Waals surface area contributed by atoms with Crippen molar-refractivity contribution in [3.05, 3.63) is 48.5 Å². The van der Waals surface area contributed by atoms with E-state index in [0.717, 1.165) is 0 Å². The number of hydrogen-bond acceptors (Lipinski definition) is 7. The molecule has 220 valence electrons. The molecule has 41 heavy (non-hydrogen) atoms. The Kier molecular flexibility index (Phi) is 8.31. The first-order valence-electron chi connectivity index (χ1n) is 13.9. The minimum absolute atomic E-state index is 0.149. The SMILES string of the molecule is CCOc1ccc(NC(=O)[C@H]2[C@H]3C(=O)N([C@@H](CO)C(C)C)C(C(=O)Nc4ccc(OC)cc4)C34CC(Br)[C@@H]2O4)cc1. The molecule has 7 atom stereocenters. The number of ether oxygens (including phenoxy) is 3. The van der Waals surface area contributed by atoms with Gasteiger partial charge in [0, 0.05) is 16.2 Å². The Morgan fingerprint density at radius 3 is 2.20 bits per heavy atom. The van der Waals surface area contributed by atoms with Gasteiger partial charge < -0.3 is 34.9 Å². The van der Waals surface area contributed by atoms with Crippen molar-refractivity contribution in [2.45, 2.75) is 55.8 Å². The van der Waals surface area contributed by atoms with Gasteiger partial charge in [-0.1, -0.05) is 29.8 Å². The van der Waals surface area contributed by atoms with Crippen LogP contribution in [0.5, 0.6) is 11.5 Å². The smallest absolute Gasteiger partial charge is 0.250 e. The first-order valence-corrected chi connectivity index (χ1v) is 14.8. The zero-order valence-electron chi connectivity index (χ0n) is 23.5. The number of hydrogen-bond donors (Lipinski definition) is 3. The summed E-state index contributed by atoms with van der Waals surface area (Å²) in [5, 5.41) is 16.2. The number of carbonyl (C=O) groups is 3. The lowest BCUT2D eigenvalue weighted by atomic mass is 9.70. The lowest BCUT2D eigenvalue weighted by Crippen LogP contribution is -2.57. The van der Waals surface area contributed by atoms with Crippen molar-refractivity contribution in [1.82, 2.24) is 4.90 Å². The summed E-state index contributed by atoms with van der Waals surface area (Å²) in [5.74, 6) is -1.69. The van der Waals surface area contributed by atoms with E-state index in [1.54, 1.807) is 55.6 Å². The Morgan fingerprint density at radius 2 is 1.66 bits per heavy atom. The van der Waals surface area contributed by atoms with Gasteiger partial charge in [0.1, 0.15) is 23.1 Å². The molecule has 3 aliphatic rings. The van der Waals surface area contributed by atoms with Gasteiger partial charge in [-0.25, -0.2) is 0 Å². The summed E-state index contributed by atoms with van der Waals surface area (Å²) in [7, 11) is 1.56. The van der Waals surface area contributed by atoms with Crippen molar-refractivity contribution < 1.29 is 33.7 Å². The molecule has 11 heteroatoms. The van der Waals surface area contributed by atoms with Crippen LogP contribution < -0.4 is 20.1 Å². The molecule has 3 aliphatic heterocycles. The lowest BCUT2D eigenvalue weighted by Gasteiger charge is -2.38. The number of fused-ring (bicyclic) bond motifs is 1. The van der Waals surface area contributed by atoms with Crippen LogP contribution in [0.2, 0.25) is 0 Å². The van der Waals surface area contributed by atoms with Gasteiger partial charge in [0.25, 0.3) is 0 Å². The molecule has 3 fully saturated rings. The Hall–Kier alpha value is -3.15. The largest absolute Gasteiger partial charge is 0.497 e. The molecule has 3 N–H and O–H groups in total. The molecule has 5 rings (SSSR count). The molecule has 3 amide bonds. The molecule has 2 aromatic carbocycles. The minimum atomic E-state index is -1.24. The van der Waals surface area contributed by atoms with Crippen molar-refractivity contribution in [2.75, 3.05) is 31.0 Å². The average Bonchev–Trinajstić information content (AvgIpc) is 3.54. The maximum Gasteiger partial charge on any atom is 0.250 e. The fourth-order valence-electron chi connectivity index (χ4n) is 6.56. The first-order chi connectivity index (χ1) is 19.6. The summed E-state index contributed by atoms with van der Waals surface area (Å²) in [6, 6.07) is 12.2. The number of nitrogens with one attached hydrogen (secondary N) is 2. The lowest BCUT2D eigenvalue weighted by molar-refractivity contribution is -0.144. The predicted octanol–water partition coefficient (Wildman–Crippen LogP) is 3.44. The van der Waals surface area contributed by atoms with Crippen molar-refractivity contribution in [1.29, 1.82) is 0 Å². The van der Waals surface area contributed by atoms with Crippen LogP contribution in [0, 0.1) is 17.8 Å². The zero-order chi connectivity index (χ0) is 29.5. The number of rotatable bonds is 10. The van der Waals surface area contributed by atoms with Gasteiger partial charge >= 0.3 is 0 Å². The van der Waals surface area contributed by atoms with Gasteiger partial charge in [0.15, 0.2) is 0 Å². The highest BCUT2D eigenvalue weighted by Gasteiger charge is 2.77. The number of nitrogens with zero attached hydrogens (tertiary/aromatic N) is 1. The molecule has 2 aromatic rings. The fourth-order valence-corrected chi connectivity index (χ4v) is 7.50. The van der Waals surface area contributed by atoms with Crippen molar-refractivity contribution in [3.63, 3.8) is 0 Å². The number of aliphatic hydroxyl groups is 1. The van der Waals surface area contributed by atoms with E-state index in [9.17, 15) is 19.5 Å². The second-order valence-corrected chi connectivity index (χ2v) is 12.2. The summed E-state index contributed by atoms with van der Waals surface area (Å²) < 4.78 is 17.3. The molecule has 0 aliphatic carbocycles. The topological polar surface area (TPSA) is 126 Å². The second kappa shape index (κ2) is 11.6. The normalized spacial score (nSPS) is 28.9. The third-order valence-electron chi connectivity index (χ3n) is 8.38. The first kappa shape index (κ1) is 29.3. The number of halogens is 1. The van der Waals surface area contributed by atoms with Gasteiger partial charge in [0.2, 0.25) is 17.7 Å². The number of carbonyl (C=O) groups excluding carboxylic acids is 3. The molecule has 10 nitrogen and oxygen atoms in total. The van der Waals surface area contributed by atoms with E-state index in [2.05, 4.69) is 26.6 Å². The zero-order valence-corrected chi connectivity index (χ0v) is 25.1. The van der Waals surface area contributed by atoms with Gasteiger partial charge in [-0.05, 0) is 67.8 Å². The molecule has 3 saturated heterocycles. The third-order valence-corrected chi connectivity index (χ3v) is 9.23. The molecule has 0 radical (unpaired) electrons. The van der Waals surface area contributed by atoms with Crippen molar-refractivity contribution in [2.24, 2.45) is 17.8 Å². The van der Waals surface area contributed by atoms with Crippen LogP contribution in [0.25, 0.3) is 0 Å². The number of alkyl halides is 1. The standard InChI is InChI=1S/C30H36BrN3O7/c1-5-40-20-12-8-17(9-13-20)32-27(36)23-24-29(38)34(22(15-35)16(2)3)26(30(24)14-21(31)25(23)41-30)28(37)33-18-6-10-19(39-4)11-7-18/h6-13,16,21-26,35H,5,14-15H2,1-4H3,(H,32,36)(H,33,37)/t21?,22-,23-,24-,25-,26?,30?/m0/s1. The molecule has 1 spiro atoms. The van der Waals surface area contributed by atoms with Gasteiger partial charge in [-0.15, -0.1) is 0 Å². The van der Waals surface area contributed by atoms with Crippen LogP contribution in [0.3, 0.4) is 0 Å². The Labute approximate surface area is 247 Å². The van der Waals surface area contributed by atoms with Gasteiger partial charge in [0.05, 0.1) is 44.3 Å². The average molecular weight is 631 g/mol. The Bertz CT molecular complexity index is 1290. The molecule has 0 saturated carbocycles.